The smallest absolute Gasteiger partial charge is 0.224 e. The van der Waals surface area contributed by atoms with Crippen LogP contribution in [-0.4, -0.2) is 17.4 Å². The number of hydrogen-bond donors (Lipinski definition) is 1. The third-order valence-electron chi connectivity index (χ3n) is 3.44. The summed E-state index contributed by atoms with van der Waals surface area (Å²) in [6.45, 7) is 0.803. The first-order valence-electron chi connectivity index (χ1n) is 6.53. The van der Waals surface area contributed by atoms with Gasteiger partial charge in [-0.15, -0.1) is 0 Å². The third kappa shape index (κ3) is 2.87. The Morgan fingerprint density at radius 2 is 2.21 bits per heavy atom. The Morgan fingerprint density at radius 3 is 3.00 bits per heavy atom. The summed E-state index contributed by atoms with van der Waals surface area (Å²) < 4.78 is 0. The van der Waals surface area contributed by atoms with Crippen LogP contribution in [0.15, 0.2) is 30.5 Å². The highest BCUT2D eigenvalue weighted by Crippen LogP contribution is 2.28. The summed E-state index contributed by atoms with van der Waals surface area (Å²) in [7, 11) is 0. The summed E-state index contributed by atoms with van der Waals surface area (Å²) in [5.74, 6) is 0.755. The zero-order valence-electron chi connectivity index (χ0n) is 10.5. The molecular weight excluding hydrogens is 260 g/mol. The lowest BCUT2D eigenvalue weighted by atomic mass is 10.1. The number of pyridine rings is 1. The topological polar surface area (TPSA) is 42.0 Å². The Morgan fingerprint density at radius 1 is 1.37 bits per heavy atom. The van der Waals surface area contributed by atoms with Gasteiger partial charge >= 0.3 is 0 Å². The molecule has 0 saturated heterocycles. The maximum Gasteiger partial charge on any atom is 0.224 e. The molecule has 0 atom stereocenters. The molecule has 1 fully saturated rings. The first-order valence-corrected chi connectivity index (χ1v) is 6.90. The van der Waals surface area contributed by atoms with Gasteiger partial charge in [-0.25, -0.2) is 0 Å². The highest BCUT2D eigenvalue weighted by molar-refractivity contribution is 6.35. The van der Waals surface area contributed by atoms with E-state index < -0.39 is 0 Å². The summed E-state index contributed by atoms with van der Waals surface area (Å²) in [4.78, 5) is 16.2. The van der Waals surface area contributed by atoms with Gasteiger partial charge in [-0.3, -0.25) is 9.78 Å². The first kappa shape index (κ1) is 12.4. The Kier molecular flexibility index (Phi) is 3.38. The zero-order valence-corrected chi connectivity index (χ0v) is 11.3. The lowest BCUT2D eigenvalue weighted by Crippen LogP contribution is -2.27. The van der Waals surface area contributed by atoms with Crippen molar-refractivity contribution in [1.29, 1.82) is 0 Å². The van der Waals surface area contributed by atoms with Crippen LogP contribution in [0.1, 0.15) is 18.4 Å². The second-order valence-corrected chi connectivity index (χ2v) is 5.44. The fourth-order valence-electron chi connectivity index (χ4n) is 2.15. The SMILES string of the molecule is O=C(Cc1ccc(Cl)c2cccnc12)NCC1CC1. The van der Waals surface area contributed by atoms with Crippen molar-refractivity contribution in [3.63, 3.8) is 0 Å². The van der Waals surface area contributed by atoms with Gasteiger partial charge in [0.1, 0.15) is 0 Å². The molecule has 0 unspecified atom stereocenters. The van der Waals surface area contributed by atoms with Gasteiger partial charge in [0.2, 0.25) is 5.91 Å². The van der Waals surface area contributed by atoms with E-state index in [0.717, 1.165) is 23.0 Å². The lowest BCUT2D eigenvalue weighted by Gasteiger charge is -2.08. The minimum Gasteiger partial charge on any atom is -0.356 e. The normalized spacial score (nSPS) is 14.6. The fraction of sp³-hybridized carbons (Fsp3) is 0.333. The van der Waals surface area contributed by atoms with Gasteiger partial charge in [0, 0.05) is 23.2 Å². The summed E-state index contributed by atoms with van der Waals surface area (Å²) in [6, 6.07) is 7.49. The summed E-state index contributed by atoms with van der Waals surface area (Å²) in [5, 5.41) is 4.54. The molecular formula is C15H15ClN2O. The average Bonchev–Trinajstić information content (AvgIpc) is 3.24. The number of carbonyl (C=O) groups is 1. The number of carbonyl (C=O) groups excluding carboxylic acids is 1. The van der Waals surface area contributed by atoms with Crippen molar-refractivity contribution in [2.45, 2.75) is 19.3 Å². The van der Waals surface area contributed by atoms with E-state index in [-0.39, 0.29) is 5.91 Å². The summed E-state index contributed by atoms with van der Waals surface area (Å²) in [6.07, 6.45) is 4.57. The molecule has 1 aromatic carbocycles. The maximum absolute atomic E-state index is 11.9. The van der Waals surface area contributed by atoms with Gasteiger partial charge in [0.25, 0.3) is 0 Å². The quantitative estimate of drug-likeness (QED) is 0.931. The predicted octanol–water partition coefficient (Wildman–Crippen LogP) is 2.96. The molecule has 3 rings (SSSR count). The third-order valence-corrected chi connectivity index (χ3v) is 3.77. The molecule has 1 aliphatic rings. The molecule has 3 nitrogen and oxygen atoms in total. The van der Waals surface area contributed by atoms with Crippen molar-refractivity contribution in [2.24, 2.45) is 5.92 Å². The Bertz CT molecular complexity index is 623. The maximum atomic E-state index is 11.9. The predicted molar refractivity (Wildman–Crippen MR) is 76.2 cm³/mol. The second-order valence-electron chi connectivity index (χ2n) is 5.03. The number of halogens is 1. The van der Waals surface area contributed by atoms with Gasteiger partial charge < -0.3 is 5.32 Å². The monoisotopic (exact) mass is 274 g/mol. The van der Waals surface area contributed by atoms with Crippen molar-refractivity contribution in [2.75, 3.05) is 6.54 Å². The fourth-order valence-corrected chi connectivity index (χ4v) is 2.37. The Labute approximate surface area is 117 Å². The summed E-state index contributed by atoms with van der Waals surface area (Å²) >= 11 is 6.14. The number of hydrogen-bond acceptors (Lipinski definition) is 2. The van der Waals surface area contributed by atoms with E-state index in [1.807, 2.05) is 24.3 Å². The minimum atomic E-state index is 0.0566. The van der Waals surface area contributed by atoms with E-state index in [4.69, 9.17) is 11.6 Å². The molecule has 4 heteroatoms. The zero-order chi connectivity index (χ0) is 13.2. The van der Waals surface area contributed by atoms with Gasteiger partial charge in [0.15, 0.2) is 0 Å². The molecule has 0 radical (unpaired) electrons. The highest BCUT2D eigenvalue weighted by atomic mass is 35.5. The Hall–Kier alpha value is -1.61. The van der Waals surface area contributed by atoms with Crippen molar-refractivity contribution >= 4 is 28.4 Å². The van der Waals surface area contributed by atoms with Gasteiger partial charge in [-0.1, -0.05) is 17.7 Å². The van der Waals surface area contributed by atoms with Crippen LogP contribution in [0.2, 0.25) is 5.02 Å². The van der Waals surface area contributed by atoms with Crippen LogP contribution in [-0.2, 0) is 11.2 Å². The van der Waals surface area contributed by atoms with E-state index >= 15 is 0 Å². The van der Waals surface area contributed by atoms with Crippen LogP contribution >= 0.6 is 11.6 Å². The molecule has 0 spiro atoms. The number of aromatic nitrogens is 1. The molecule has 19 heavy (non-hydrogen) atoms. The molecule has 2 aromatic rings. The van der Waals surface area contributed by atoms with E-state index in [1.54, 1.807) is 6.20 Å². The Balaban J connectivity index is 1.80. The number of fused-ring (bicyclic) bond motifs is 1. The molecule has 1 amide bonds. The van der Waals surface area contributed by atoms with Gasteiger partial charge in [-0.2, -0.15) is 0 Å². The molecule has 1 heterocycles. The van der Waals surface area contributed by atoms with Crippen molar-refractivity contribution in [3.8, 4) is 0 Å². The lowest BCUT2D eigenvalue weighted by molar-refractivity contribution is -0.120. The first-order chi connectivity index (χ1) is 9.24. The molecule has 1 aliphatic carbocycles. The molecule has 98 valence electrons. The number of benzene rings is 1. The number of nitrogens with one attached hydrogen (secondary N) is 1. The van der Waals surface area contributed by atoms with Crippen molar-refractivity contribution < 1.29 is 4.79 Å². The van der Waals surface area contributed by atoms with Crippen molar-refractivity contribution in [1.82, 2.24) is 10.3 Å². The molecule has 1 aromatic heterocycles. The van der Waals surface area contributed by atoms with Gasteiger partial charge in [0.05, 0.1) is 11.9 Å². The standard InChI is InChI=1S/C15H15ClN2O/c16-13-6-5-11(15-12(13)2-1-7-17-15)8-14(19)18-9-10-3-4-10/h1-2,5-7,10H,3-4,8-9H2,(H,18,19). The van der Waals surface area contributed by atoms with Gasteiger partial charge in [-0.05, 0) is 42.5 Å². The van der Waals surface area contributed by atoms with E-state index in [1.165, 1.54) is 12.8 Å². The van der Waals surface area contributed by atoms with Crippen molar-refractivity contribution in [3.05, 3.63) is 41.0 Å². The largest absolute Gasteiger partial charge is 0.356 e. The van der Waals surface area contributed by atoms with E-state index in [2.05, 4.69) is 10.3 Å². The molecule has 0 aliphatic heterocycles. The van der Waals surface area contributed by atoms with Crippen LogP contribution in [0, 0.1) is 5.92 Å². The average molecular weight is 275 g/mol. The minimum absolute atomic E-state index is 0.0566. The summed E-state index contributed by atoms with van der Waals surface area (Å²) in [5.41, 5.74) is 1.74. The van der Waals surface area contributed by atoms with E-state index in [9.17, 15) is 4.79 Å². The number of nitrogens with zero attached hydrogens (tertiary/aromatic N) is 1. The van der Waals surface area contributed by atoms with Crippen LogP contribution in [0.3, 0.4) is 0 Å². The van der Waals surface area contributed by atoms with Crippen LogP contribution in [0.5, 0.6) is 0 Å². The molecule has 1 N–H and O–H groups in total. The molecule has 1 saturated carbocycles. The second kappa shape index (κ2) is 5.17. The van der Waals surface area contributed by atoms with Crippen LogP contribution in [0.4, 0.5) is 0 Å². The van der Waals surface area contributed by atoms with E-state index in [0.29, 0.717) is 17.4 Å². The van der Waals surface area contributed by atoms with Crippen LogP contribution in [0.25, 0.3) is 10.9 Å². The number of amides is 1. The highest BCUT2D eigenvalue weighted by Gasteiger charge is 2.21. The number of rotatable bonds is 4. The molecule has 0 bridgehead atoms. The van der Waals surface area contributed by atoms with Crippen LogP contribution < -0.4 is 5.32 Å².